The number of hydrogen-bond acceptors (Lipinski definition) is 6. The van der Waals surface area contributed by atoms with Crippen LogP contribution in [-0.2, 0) is 10.0 Å². The van der Waals surface area contributed by atoms with Crippen molar-refractivity contribution in [2.45, 2.75) is 37.8 Å². The predicted molar refractivity (Wildman–Crippen MR) is 125 cm³/mol. The van der Waals surface area contributed by atoms with Crippen LogP contribution in [0.2, 0.25) is 0 Å². The molecule has 4 rings (SSSR count). The second kappa shape index (κ2) is 8.76. The Morgan fingerprint density at radius 2 is 1.72 bits per heavy atom. The Kier molecular flexibility index (Phi) is 6.03. The summed E-state index contributed by atoms with van der Waals surface area (Å²) in [5.41, 5.74) is 2.25. The molecule has 0 amide bonds. The molecule has 1 aliphatic heterocycles. The highest BCUT2D eigenvalue weighted by atomic mass is 32.2. The summed E-state index contributed by atoms with van der Waals surface area (Å²) in [5, 5.41) is 7.63. The first kappa shape index (κ1) is 22.0. The van der Waals surface area contributed by atoms with Gasteiger partial charge >= 0.3 is 0 Å². The number of rotatable bonds is 6. The third-order valence-corrected chi connectivity index (χ3v) is 6.85. The molecular formula is C23H27N5O3S. The van der Waals surface area contributed by atoms with Crippen molar-refractivity contribution in [1.82, 2.24) is 15.1 Å². The normalized spacial score (nSPS) is 19.0. The minimum atomic E-state index is -3.89. The molecule has 0 bridgehead atoms. The molecular weight excluding hydrogens is 426 g/mol. The van der Waals surface area contributed by atoms with Crippen molar-refractivity contribution in [3.63, 3.8) is 0 Å². The van der Waals surface area contributed by atoms with Crippen molar-refractivity contribution in [1.29, 1.82) is 0 Å². The van der Waals surface area contributed by atoms with E-state index in [-0.39, 0.29) is 16.4 Å². The second-order valence-corrected chi connectivity index (χ2v) is 9.89. The van der Waals surface area contributed by atoms with Crippen LogP contribution < -0.4 is 14.9 Å². The van der Waals surface area contributed by atoms with Gasteiger partial charge in [-0.1, -0.05) is 0 Å². The number of Topliss-reactive ketones (excluding diaryl/α,β-unsaturated/α-hetero) is 1. The van der Waals surface area contributed by atoms with E-state index in [1.165, 1.54) is 19.1 Å². The molecule has 9 heteroatoms. The highest BCUT2D eigenvalue weighted by Gasteiger charge is 2.23. The van der Waals surface area contributed by atoms with E-state index < -0.39 is 10.0 Å². The van der Waals surface area contributed by atoms with Crippen molar-refractivity contribution < 1.29 is 13.2 Å². The molecule has 2 N–H and O–H groups in total. The zero-order valence-electron chi connectivity index (χ0n) is 18.3. The number of nitrogens with zero attached hydrogens (tertiary/aromatic N) is 3. The van der Waals surface area contributed by atoms with Gasteiger partial charge in [0.1, 0.15) is 0 Å². The molecule has 0 saturated carbocycles. The number of sulfonamides is 1. The summed E-state index contributed by atoms with van der Waals surface area (Å²) in [6, 6.07) is 14.1. The highest BCUT2D eigenvalue weighted by molar-refractivity contribution is 7.92. The van der Waals surface area contributed by atoms with Crippen LogP contribution in [0.25, 0.3) is 5.69 Å². The molecule has 32 heavy (non-hydrogen) atoms. The molecule has 0 unspecified atom stereocenters. The van der Waals surface area contributed by atoms with Gasteiger partial charge < -0.3 is 10.2 Å². The largest absolute Gasteiger partial charge is 0.368 e. The fourth-order valence-corrected chi connectivity index (χ4v) is 5.13. The van der Waals surface area contributed by atoms with Crippen LogP contribution in [-0.4, -0.2) is 49.2 Å². The average molecular weight is 454 g/mol. The Morgan fingerprint density at radius 3 is 2.31 bits per heavy atom. The molecule has 1 aromatic heterocycles. The van der Waals surface area contributed by atoms with E-state index >= 15 is 0 Å². The van der Waals surface area contributed by atoms with Crippen LogP contribution in [0, 0.1) is 0 Å². The van der Waals surface area contributed by atoms with Gasteiger partial charge in [0.25, 0.3) is 10.0 Å². The van der Waals surface area contributed by atoms with E-state index in [1.807, 2.05) is 6.07 Å². The number of aromatic nitrogens is 2. The number of nitrogens with one attached hydrogen (secondary N) is 2. The van der Waals surface area contributed by atoms with Crippen LogP contribution >= 0.6 is 0 Å². The van der Waals surface area contributed by atoms with Gasteiger partial charge in [0.2, 0.25) is 0 Å². The van der Waals surface area contributed by atoms with Gasteiger partial charge in [-0.3, -0.25) is 9.52 Å². The minimum Gasteiger partial charge on any atom is -0.368 e. The van der Waals surface area contributed by atoms with Gasteiger partial charge in [0, 0.05) is 48.8 Å². The number of piperazine rings is 1. The van der Waals surface area contributed by atoms with E-state index in [2.05, 4.69) is 33.9 Å². The fourth-order valence-electron chi connectivity index (χ4n) is 4.06. The van der Waals surface area contributed by atoms with E-state index in [0.717, 1.165) is 24.5 Å². The minimum absolute atomic E-state index is 0.109. The Morgan fingerprint density at radius 1 is 1.06 bits per heavy atom. The first-order valence-corrected chi connectivity index (χ1v) is 12.0. The molecule has 8 nitrogen and oxygen atoms in total. The van der Waals surface area contributed by atoms with E-state index in [0.29, 0.717) is 17.6 Å². The van der Waals surface area contributed by atoms with Crippen LogP contribution in [0.1, 0.15) is 31.1 Å². The molecule has 2 atom stereocenters. The number of benzene rings is 2. The zero-order valence-corrected chi connectivity index (χ0v) is 19.1. The molecule has 1 aliphatic rings. The van der Waals surface area contributed by atoms with Crippen LogP contribution in [0.4, 0.5) is 11.4 Å². The van der Waals surface area contributed by atoms with Crippen LogP contribution in [0.3, 0.4) is 0 Å². The van der Waals surface area contributed by atoms with Crippen molar-refractivity contribution in [3.05, 3.63) is 66.5 Å². The molecule has 3 aromatic rings. The Labute approximate surface area is 188 Å². The maximum absolute atomic E-state index is 13.1. The topological polar surface area (TPSA) is 96.3 Å². The number of ketones is 1. The quantitative estimate of drug-likeness (QED) is 0.557. The Hall–Kier alpha value is -3.17. The maximum Gasteiger partial charge on any atom is 0.261 e. The molecule has 2 aromatic carbocycles. The van der Waals surface area contributed by atoms with Crippen molar-refractivity contribution in [2.75, 3.05) is 22.7 Å². The van der Waals surface area contributed by atoms with Gasteiger partial charge in [-0.25, -0.2) is 13.1 Å². The first-order chi connectivity index (χ1) is 15.2. The summed E-state index contributed by atoms with van der Waals surface area (Å²) >= 11 is 0. The Balaban J connectivity index is 1.63. The van der Waals surface area contributed by atoms with E-state index in [9.17, 15) is 13.2 Å². The second-order valence-electron chi connectivity index (χ2n) is 8.21. The van der Waals surface area contributed by atoms with Gasteiger partial charge in [0.15, 0.2) is 5.78 Å². The lowest BCUT2D eigenvalue weighted by Gasteiger charge is -2.38. The summed E-state index contributed by atoms with van der Waals surface area (Å²) in [5.74, 6) is -0.203. The average Bonchev–Trinajstić information content (AvgIpc) is 3.27. The van der Waals surface area contributed by atoms with Gasteiger partial charge in [-0.15, -0.1) is 0 Å². The Bertz CT molecular complexity index is 1200. The third-order valence-electron chi connectivity index (χ3n) is 5.47. The van der Waals surface area contributed by atoms with Crippen molar-refractivity contribution >= 4 is 27.2 Å². The number of hydrogen-bond donors (Lipinski definition) is 2. The molecule has 0 spiro atoms. The number of anilines is 2. The molecule has 168 valence electrons. The first-order valence-electron chi connectivity index (χ1n) is 10.5. The zero-order chi connectivity index (χ0) is 22.9. The lowest BCUT2D eigenvalue weighted by molar-refractivity contribution is 0.101. The van der Waals surface area contributed by atoms with Crippen molar-refractivity contribution in [2.24, 2.45) is 0 Å². The van der Waals surface area contributed by atoms with E-state index in [4.69, 9.17) is 0 Å². The maximum atomic E-state index is 13.1. The predicted octanol–water partition coefficient (Wildman–Crippen LogP) is 3.06. The lowest BCUT2D eigenvalue weighted by atomic mass is 10.1. The summed E-state index contributed by atoms with van der Waals surface area (Å²) < 4.78 is 30.5. The standard InChI is InChI=1S/C23H27N5O3S/c1-16-14-27(15-17(2)25-16)20-7-10-22(18(3)29)23(13-20)26-32(30,31)21-8-5-19(6-9-21)28-12-4-11-24-28/h4-13,16-17,25-26H,14-15H2,1-3H3/t16-,17+. The molecule has 0 aliphatic carbocycles. The fraction of sp³-hybridized carbons (Fsp3) is 0.304. The number of carbonyl (C=O) groups is 1. The van der Waals surface area contributed by atoms with Crippen LogP contribution in [0.15, 0.2) is 65.8 Å². The lowest BCUT2D eigenvalue weighted by Crippen LogP contribution is -2.54. The summed E-state index contributed by atoms with van der Waals surface area (Å²) in [6.45, 7) is 7.25. The third kappa shape index (κ3) is 4.68. The van der Waals surface area contributed by atoms with Gasteiger partial charge in [-0.2, -0.15) is 5.10 Å². The molecule has 0 radical (unpaired) electrons. The summed E-state index contributed by atoms with van der Waals surface area (Å²) in [6.07, 6.45) is 3.44. The molecule has 2 heterocycles. The van der Waals surface area contributed by atoms with Crippen LogP contribution in [0.5, 0.6) is 0 Å². The summed E-state index contributed by atoms with van der Waals surface area (Å²) in [7, 11) is -3.89. The molecule has 1 fully saturated rings. The molecule has 1 saturated heterocycles. The number of carbonyl (C=O) groups excluding carboxylic acids is 1. The highest BCUT2D eigenvalue weighted by Crippen LogP contribution is 2.28. The van der Waals surface area contributed by atoms with Gasteiger partial charge in [-0.05, 0) is 69.3 Å². The van der Waals surface area contributed by atoms with E-state index in [1.54, 1.807) is 47.4 Å². The monoisotopic (exact) mass is 453 g/mol. The van der Waals surface area contributed by atoms with Gasteiger partial charge in [0.05, 0.1) is 16.3 Å². The SMILES string of the molecule is CC(=O)c1ccc(N2C[C@@H](C)N[C@@H](C)C2)cc1NS(=O)(=O)c1ccc(-n2cccn2)cc1. The smallest absolute Gasteiger partial charge is 0.261 e. The summed E-state index contributed by atoms with van der Waals surface area (Å²) in [4.78, 5) is 14.5. The van der Waals surface area contributed by atoms with Crippen molar-refractivity contribution in [3.8, 4) is 5.69 Å².